The Balaban J connectivity index is 1.96. The summed E-state index contributed by atoms with van der Waals surface area (Å²) in [6.45, 7) is 0.250. The summed E-state index contributed by atoms with van der Waals surface area (Å²) in [6.07, 6.45) is 4.44. The molecular formula is C10H18N4O3S. The molecule has 0 spiro atoms. The van der Waals surface area contributed by atoms with E-state index in [9.17, 15) is 13.5 Å². The van der Waals surface area contributed by atoms with Crippen LogP contribution in [-0.4, -0.2) is 41.2 Å². The molecule has 1 aliphatic carbocycles. The van der Waals surface area contributed by atoms with Gasteiger partial charge < -0.3 is 5.11 Å². The molecule has 2 N–H and O–H groups in total. The van der Waals surface area contributed by atoms with Crippen LogP contribution in [0.25, 0.3) is 0 Å². The minimum Gasteiger partial charge on any atom is -0.393 e. The van der Waals surface area contributed by atoms with Gasteiger partial charge in [0.15, 0.2) is 0 Å². The molecule has 102 valence electrons. The van der Waals surface area contributed by atoms with Crippen molar-refractivity contribution >= 4 is 10.0 Å². The van der Waals surface area contributed by atoms with Crippen molar-refractivity contribution in [2.24, 2.45) is 13.0 Å². The molecule has 1 aromatic heterocycles. The van der Waals surface area contributed by atoms with Gasteiger partial charge in [0.25, 0.3) is 10.0 Å². The highest BCUT2D eigenvalue weighted by Crippen LogP contribution is 2.23. The predicted molar refractivity (Wildman–Crippen MR) is 64.2 cm³/mol. The van der Waals surface area contributed by atoms with Crippen molar-refractivity contribution in [1.82, 2.24) is 19.7 Å². The number of aliphatic hydroxyl groups excluding tert-OH is 1. The van der Waals surface area contributed by atoms with Crippen LogP contribution >= 0.6 is 0 Å². The molecule has 1 heterocycles. The molecule has 0 aliphatic heterocycles. The lowest BCUT2D eigenvalue weighted by atomic mass is 9.87. The Morgan fingerprint density at radius 1 is 1.50 bits per heavy atom. The van der Waals surface area contributed by atoms with E-state index in [0.29, 0.717) is 0 Å². The topological polar surface area (TPSA) is 97.1 Å². The minimum atomic E-state index is -3.62. The first kappa shape index (κ1) is 13.4. The van der Waals surface area contributed by atoms with Gasteiger partial charge >= 0.3 is 0 Å². The summed E-state index contributed by atoms with van der Waals surface area (Å²) >= 11 is 0. The SMILES string of the molecule is Cn1ncc(S(=O)(=O)NC[C@H]2CCCC[C@@H]2O)n1. The van der Waals surface area contributed by atoms with Gasteiger partial charge in [0, 0.05) is 13.6 Å². The normalized spacial score (nSPS) is 25.2. The maximum absolute atomic E-state index is 11.9. The Bertz CT molecular complexity index is 499. The van der Waals surface area contributed by atoms with E-state index in [1.165, 1.54) is 11.0 Å². The first-order chi connectivity index (χ1) is 8.49. The molecule has 2 rings (SSSR count). The van der Waals surface area contributed by atoms with Gasteiger partial charge in [-0.1, -0.05) is 12.8 Å². The van der Waals surface area contributed by atoms with Crippen molar-refractivity contribution in [2.75, 3.05) is 6.54 Å². The second kappa shape index (κ2) is 5.33. The fourth-order valence-electron chi connectivity index (χ4n) is 2.17. The Labute approximate surface area is 106 Å². The van der Waals surface area contributed by atoms with E-state index in [4.69, 9.17) is 0 Å². The molecule has 1 fully saturated rings. The third-order valence-corrected chi connectivity index (χ3v) is 4.54. The van der Waals surface area contributed by atoms with Gasteiger partial charge in [-0.25, -0.2) is 13.1 Å². The number of rotatable bonds is 4. The van der Waals surface area contributed by atoms with Crippen LogP contribution in [0.3, 0.4) is 0 Å². The van der Waals surface area contributed by atoms with Gasteiger partial charge in [-0.3, -0.25) is 0 Å². The van der Waals surface area contributed by atoms with Crippen LogP contribution in [0.2, 0.25) is 0 Å². The molecule has 0 bridgehead atoms. The molecule has 1 aromatic rings. The number of aliphatic hydroxyl groups is 1. The zero-order valence-corrected chi connectivity index (χ0v) is 11.1. The first-order valence-electron chi connectivity index (χ1n) is 6.03. The Morgan fingerprint density at radius 2 is 2.22 bits per heavy atom. The summed E-state index contributed by atoms with van der Waals surface area (Å²) in [6, 6.07) is 0. The predicted octanol–water partition coefficient (Wildman–Crippen LogP) is -0.356. The van der Waals surface area contributed by atoms with Crippen LogP contribution < -0.4 is 4.72 Å². The third-order valence-electron chi connectivity index (χ3n) is 3.26. The van der Waals surface area contributed by atoms with Crippen molar-refractivity contribution in [3.63, 3.8) is 0 Å². The molecule has 7 nitrogen and oxygen atoms in total. The van der Waals surface area contributed by atoms with Gasteiger partial charge in [0.05, 0.1) is 12.3 Å². The summed E-state index contributed by atoms with van der Waals surface area (Å²) in [4.78, 5) is 1.20. The van der Waals surface area contributed by atoms with Gasteiger partial charge in [0.1, 0.15) is 0 Å². The lowest BCUT2D eigenvalue weighted by Crippen LogP contribution is -2.36. The van der Waals surface area contributed by atoms with Crippen LogP contribution in [0, 0.1) is 5.92 Å². The largest absolute Gasteiger partial charge is 0.393 e. The zero-order valence-electron chi connectivity index (χ0n) is 10.3. The number of nitrogens with one attached hydrogen (secondary N) is 1. The first-order valence-corrected chi connectivity index (χ1v) is 7.51. The summed E-state index contributed by atoms with van der Waals surface area (Å²) in [5.74, 6) is -0.00908. The van der Waals surface area contributed by atoms with Crippen molar-refractivity contribution in [1.29, 1.82) is 0 Å². The van der Waals surface area contributed by atoms with E-state index in [2.05, 4.69) is 14.9 Å². The highest BCUT2D eigenvalue weighted by atomic mass is 32.2. The summed E-state index contributed by atoms with van der Waals surface area (Å²) < 4.78 is 26.3. The molecule has 8 heteroatoms. The fraction of sp³-hybridized carbons (Fsp3) is 0.800. The van der Waals surface area contributed by atoms with Crippen LogP contribution in [0.4, 0.5) is 0 Å². The molecule has 0 unspecified atom stereocenters. The summed E-state index contributed by atoms with van der Waals surface area (Å²) in [7, 11) is -2.06. The summed E-state index contributed by atoms with van der Waals surface area (Å²) in [5.41, 5.74) is 0. The smallest absolute Gasteiger partial charge is 0.261 e. The number of aryl methyl sites for hydroxylation is 1. The van der Waals surface area contributed by atoms with Crippen LogP contribution in [0.15, 0.2) is 11.2 Å². The Morgan fingerprint density at radius 3 is 2.83 bits per heavy atom. The van der Waals surface area contributed by atoms with Crippen molar-refractivity contribution < 1.29 is 13.5 Å². The highest BCUT2D eigenvalue weighted by Gasteiger charge is 2.26. The van der Waals surface area contributed by atoms with E-state index in [0.717, 1.165) is 25.7 Å². The van der Waals surface area contributed by atoms with Gasteiger partial charge in [0.2, 0.25) is 5.03 Å². The molecule has 0 saturated heterocycles. The second-order valence-corrected chi connectivity index (χ2v) is 6.35. The standard InChI is InChI=1S/C10H18N4O3S/c1-14-11-7-10(13-14)18(16,17)12-6-8-4-2-3-5-9(8)15/h7-9,12,15H,2-6H2,1H3/t8-,9+/m1/s1. The number of sulfonamides is 1. The fourth-order valence-corrected chi connectivity index (χ4v) is 3.16. The van der Waals surface area contributed by atoms with Crippen molar-refractivity contribution in [3.05, 3.63) is 6.20 Å². The molecule has 1 aliphatic rings. The zero-order chi connectivity index (χ0) is 13.2. The summed E-state index contributed by atoms with van der Waals surface area (Å²) in [5, 5.41) is 17.2. The monoisotopic (exact) mass is 274 g/mol. The van der Waals surface area contributed by atoms with Crippen LogP contribution in [-0.2, 0) is 17.1 Å². The van der Waals surface area contributed by atoms with Crippen molar-refractivity contribution in [2.45, 2.75) is 36.8 Å². The van der Waals surface area contributed by atoms with Gasteiger partial charge in [-0.2, -0.15) is 9.90 Å². The molecule has 1 saturated carbocycles. The highest BCUT2D eigenvalue weighted by molar-refractivity contribution is 7.89. The number of hydrogen-bond acceptors (Lipinski definition) is 5. The molecule has 0 aromatic carbocycles. The van der Waals surface area contributed by atoms with E-state index >= 15 is 0 Å². The molecule has 18 heavy (non-hydrogen) atoms. The Hall–Kier alpha value is -0.990. The third kappa shape index (κ3) is 3.06. The lowest BCUT2D eigenvalue weighted by molar-refractivity contribution is 0.0724. The average Bonchev–Trinajstić information content (AvgIpc) is 2.76. The maximum atomic E-state index is 11.9. The Kier molecular flexibility index (Phi) is 3.98. The van der Waals surface area contributed by atoms with Gasteiger partial charge in [-0.05, 0) is 18.8 Å². The van der Waals surface area contributed by atoms with E-state index in [1.807, 2.05) is 0 Å². The molecule has 0 amide bonds. The van der Waals surface area contributed by atoms with Crippen LogP contribution in [0.1, 0.15) is 25.7 Å². The lowest BCUT2D eigenvalue weighted by Gasteiger charge is -2.27. The number of hydrogen-bond donors (Lipinski definition) is 2. The minimum absolute atomic E-state index is 0.00908. The average molecular weight is 274 g/mol. The number of nitrogens with zero attached hydrogens (tertiary/aromatic N) is 3. The molecule has 0 radical (unpaired) electrons. The molecule has 2 atom stereocenters. The quantitative estimate of drug-likeness (QED) is 0.782. The van der Waals surface area contributed by atoms with Gasteiger partial charge in [-0.15, -0.1) is 5.10 Å². The van der Waals surface area contributed by atoms with Crippen molar-refractivity contribution in [3.8, 4) is 0 Å². The van der Waals surface area contributed by atoms with E-state index < -0.39 is 16.1 Å². The van der Waals surface area contributed by atoms with Crippen LogP contribution in [0.5, 0.6) is 0 Å². The molecular weight excluding hydrogens is 256 g/mol. The number of aromatic nitrogens is 3. The second-order valence-electron chi connectivity index (χ2n) is 4.64. The van der Waals surface area contributed by atoms with E-state index in [-0.39, 0.29) is 17.5 Å². The maximum Gasteiger partial charge on any atom is 0.261 e. The van der Waals surface area contributed by atoms with E-state index in [1.54, 1.807) is 7.05 Å².